The van der Waals surface area contributed by atoms with Crippen molar-refractivity contribution in [3.63, 3.8) is 0 Å². The van der Waals surface area contributed by atoms with Crippen LogP contribution in [0.15, 0.2) is 24.3 Å². The van der Waals surface area contributed by atoms with Gasteiger partial charge in [0.05, 0.1) is 6.04 Å². The van der Waals surface area contributed by atoms with E-state index in [0.29, 0.717) is 6.04 Å². The highest BCUT2D eigenvalue weighted by Crippen LogP contribution is 2.27. The average Bonchev–Trinajstić information content (AvgIpc) is 2.32. The molecule has 1 saturated heterocycles. The summed E-state index contributed by atoms with van der Waals surface area (Å²) in [4.78, 5) is 4.73. The molecule has 1 heterocycles. The number of hydrogen-bond acceptors (Lipinski definition) is 3. The minimum atomic E-state index is -0.190. The number of hydrogen-bond donors (Lipinski definition) is 1. The molecule has 19 heavy (non-hydrogen) atoms. The summed E-state index contributed by atoms with van der Waals surface area (Å²) in [6.07, 6.45) is 0. The molecule has 0 amide bonds. The molecule has 4 heteroatoms. The molecule has 3 unspecified atom stereocenters. The predicted molar refractivity (Wildman–Crippen MR) is 76.5 cm³/mol. The molecule has 2 N–H and O–H groups in total. The van der Waals surface area contributed by atoms with Gasteiger partial charge in [-0.25, -0.2) is 4.39 Å². The minimum absolute atomic E-state index is 0.0207. The molecule has 106 valence electrons. The lowest BCUT2D eigenvalue weighted by molar-refractivity contribution is 0.0520. The Balaban J connectivity index is 2.25. The first kappa shape index (κ1) is 14.4. The molecular formula is C15H24FN3. The van der Waals surface area contributed by atoms with E-state index >= 15 is 0 Å². The quantitative estimate of drug-likeness (QED) is 0.905. The van der Waals surface area contributed by atoms with Crippen LogP contribution in [0, 0.1) is 5.82 Å². The molecule has 1 aliphatic heterocycles. The van der Waals surface area contributed by atoms with Gasteiger partial charge in [-0.3, -0.25) is 4.90 Å². The Morgan fingerprint density at radius 2 is 2.11 bits per heavy atom. The first-order chi connectivity index (χ1) is 8.99. The highest BCUT2D eigenvalue weighted by atomic mass is 19.1. The summed E-state index contributed by atoms with van der Waals surface area (Å²) in [7, 11) is 2.14. The summed E-state index contributed by atoms with van der Waals surface area (Å²) in [6, 6.07) is 7.32. The van der Waals surface area contributed by atoms with Crippen molar-refractivity contribution in [1.82, 2.24) is 9.80 Å². The number of likely N-dealkylation sites (N-methyl/N-ethyl adjacent to an activating group) is 1. The van der Waals surface area contributed by atoms with E-state index in [9.17, 15) is 4.39 Å². The summed E-state index contributed by atoms with van der Waals surface area (Å²) >= 11 is 0. The molecule has 0 spiro atoms. The highest BCUT2D eigenvalue weighted by molar-refractivity contribution is 5.22. The summed E-state index contributed by atoms with van der Waals surface area (Å²) in [5.74, 6) is -0.190. The lowest BCUT2D eigenvalue weighted by Gasteiger charge is -2.44. The number of rotatable bonds is 3. The van der Waals surface area contributed by atoms with Crippen molar-refractivity contribution in [1.29, 1.82) is 0 Å². The predicted octanol–water partition coefficient (Wildman–Crippen LogP) is 1.85. The van der Waals surface area contributed by atoms with Gasteiger partial charge in [0.2, 0.25) is 0 Å². The van der Waals surface area contributed by atoms with Crippen LogP contribution in [0.25, 0.3) is 0 Å². The largest absolute Gasteiger partial charge is 0.326 e. The van der Waals surface area contributed by atoms with Crippen LogP contribution in [-0.2, 0) is 0 Å². The molecule has 1 aliphatic rings. The zero-order valence-electron chi connectivity index (χ0n) is 12.0. The third kappa shape index (κ3) is 3.32. The maximum Gasteiger partial charge on any atom is 0.123 e. The van der Waals surface area contributed by atoms with E-state index in [0.717, 1.165) is 25.2 Å². The Labute approximate surface area is 115 Å². The average molecular weight is 265 g/mol. The Morgan fingerprint density at radius 1 is 1.37 bits per heavy atom. The third-order valence-corrected chi connectivity index (χ3v) is 3.93. The van der Waals surface area contributed by atoms with E-state index in [1.54, 1.807) is 12.1 Å². The maximum atomic E-state index is 13.4. The number of nitrogens with two attached hydrogens (primary N) is 1. The van der Waals surface area contributed by atoms with Crippen LogP contribution in [-0.4, -0.2) is 48.6 Å². The summed E-state index contributed by atoms with van der Waals surface area (Å²) in [6.45, 7) is 7.24. The van der Waals surface area contributed by atoms with Gasteiger partial charge in [-0.05, 0) is 38.6 Å². The summed E-state index contributed by atoms with van der Waals surface area (Å²) < 4.78 is 13.4. The number of benzene rings is 1. The molecule has 3 atom stereocenters. The standard InChI is InChI=1S/C15H24FN3/c1-11-10-18(3)7-8-19(11)15(12(2)17)13-5-4-6-14(16)9-13/h4-6,9,11-12,15H,7-8,10,17H2,1-3H3. The van der Waals surface area contributed by atoms with Gasteiger partial charge in [0.25, 0.3) is 0 Å². The van der Waals surface area contributed by atoms with Crippen LogP contribution in [0.5, 0.6) is 0 Å². The van der Waals surface area contributed by atoms with Gasteiger partial charge in [-0.1, -0.05) is 12.1 Å². The fourth-order valence-corrected chi connectivity index (χ4v) is 3.05. The van der Waals surface area contributed by atoms with Crippen LogP contribution < -0.4 is 5.73 Å². The first-order valence-corrected chi connectivity index (χ1v) is 6.94. The Hall–Kier alpha value is -0.970. The van der Waals surface area contributed by atoms with Crippen molar-refractivity contribution in [3.8, 4) is 0 Å². The van der Waals surface area contributed by atoms with Crippen molar-refractivity contribution >= 4 is 0 Å². The third-order valence-electron chi connectivity index (χ3n) is 3.93. The summed E-state index contributed by atoms with van der Waals surface area (Å²) in [5, 5.41) is 0. The topological polar surface area (TPSA) is 32.5 Å². The lowest BCUT2D eigenvalue weighted by Crippen LogP contribution is -2.54. The smallest absolute Gasteiger partial charge is 0.123 e. The molecule has 3 nitrogen and oxygen atoms in total. The van der Waals surface area contributed by atoms with Gasteiger partial charge in [0.15, 0.2) is 0 Å². The van der Waals surface area contributed by atoms with Gasteiger partial charge in [0.1, 0.15) is 5.82 Å². The Kier molecular flexibility index (Phi) is 4.55. The van der Waals surface area contributed by atoms with E-state index < -0.39 is 0 Å². The van der Waals surface area contributed by atoms with Crippen molar-refractivity contribution < 1.29 is 4.39 Å². The van der Waals surface area contributed by atoms with Crippen molar-refractivity contribution in [2.45, 2.75) is 32.0 Å². The van der Waals surface area contributed by atoms with Gasteiger partial charge in [0, 0.05) is 31.7 Å². The maximum absolute atomic E-state index is 13.4. The summed E-state index contributed by atoms with van der Waals surface area (Å²) in [5.41, 5.74) is 7.15. The molecule has 0 bridgehead atoms. The monoisotopic (exact) mass is 265 g/mol. The normalized spacial score (nSPS) is 25.2. The Morgan fingerprint density at radius 3 is 2.68 bits per heavy atom. The fraction of sp³-hybridized carbons (Fsp3) is 0.600. The first-order valence-electron chi connectivity index (χ1n) is 6.94. The van der Waals surface area contributed by atoms with Crippen LogP contribution >= 0.6 is 0 Å². The molecular weight excluding hydrogens is 241 g/mol. The van der Waals surface area contributed by atoms with Gasteiger partial charge in [-0.2, -0.15) is 0 Å². The number of halogens is 1. The molecule has 0 radical (unpaired) electrons. The molecule has 1 aromatic carbocycles. The van der Waals surface area contributed by atoms with E-state index in [1.165, 1.54) is 6.07 Å². The zero-order valence-corrected chi connectivity index (χ0v) is 12.0. The van der Waals surface area contributed by atoms with Crippen molar-refractivity contribution in [2.24, 2.45) is 5.73 Å². The second kappa shape index (κ2) is 5.99. The fourth-order valence-electron chi connectivity index (χ4n) is 3.05. The molecule has 0 aliphatic carbocycles. The van der Waals surface area contributed by atoms with Gasteiger partial charge in [-0.15, -0.1) is 0 Å². The van der Waals surface area contributed by atoms with Gasteiger partial charge >= 0.3 is 0 Å². The molecule has 2 rings (SSSR count). The number of piperazine rings is 1. The van der Waals surface area contributed by atoms with Crippen LogP contribution in [0.3, 0.4) is 0 Å². The van der Waals surface area contributed by atoms with Crippen LogP contribution in [0.2, 0.25) is 0 Å². The second-order valence-corrected chi connectivity index (χ2v) is 5.71. The minimum Gasteiger partial charge on any atom is -0.326 e. The molecule has 1 fully saturated rings. The van der Waals surface area contributed by atoms with Crippen LogP contribution in [0.1, 0.15) is 25.5 Å². The molecule has 1 aromatic rings. The van der Waals surface area contributed by atoms with Crippen molar-refractivity contribution in [2.75, 3.05) is 26.7 Å². The lowest BCUT2D eigenvalue weighted by atomic mass is 9.96. The SMILES string of the molecule is CC(N)C(c1cccc(F)c1)N1CCN(C)CC1C. The second-order valence-electron chi connectivity index (χ2n) is 5.71. The molecule has 0 aromatic heterocycles. The highest BCUT2D eigenvalue weighted by Gasteiger charge is 2.31. The van der Waals surface area contributed by atoms with E-state index in [1.807, 2.05) is 13.0 Å². The van der Waals surface area contributed by atoms with Crippen molar-refractivity contribution in [3.05, 3.63) is 35.6 Å². The van der Waals surface area contributed by atoms with E-state index in [2.05, 4.69) is 23.8 Å². The number of nitrogens with zero attached hydrogens (tertiary/aromatic N) is 2. The molecule has 0 saturated carbocycles. The van der Waals surface area contributed by atoms with Gasteiger partial charge < -0.3 is 10.6 Å². The van der Waals surface area contributed by atoms with E-state index in [-0.39, 0.29) is 17.9 Å². The Bertz CT molecular complexity index is 422. The van der Waals surface area contributed by atoms with E-state index in [4.69, 9.17) is 5.73 Å². The zero-order chi connectivity index (χ0) is 14.0. The van der Waals surface area contributed by atoms with Crippen LogP contribution in [0.4, 0.5) is 4.39 Å².